The number of hydrogen-bond acceptors (Lipinski definition) is 12. The molecule has 0 spiro atoms. The number of hydrogen-bond donors (Lipinski definition) is 3. The molecule has 70 heavy (non-hydrogen) atoms. The van der Waals surface area contributed by atoms with Crippen LogP contribution in [-0.2, 0) is 25.7 Å². The van der Waals surface area contributed by atoms with Crippen molar-refractivity contribution in [2.75, 3.05) is 74.0 Å². The highest BCUT2D eigenvalue weighted by Gasteiger charge is 2.44. The number of carbonyl (C=O) groups excluding carboxylic acids is 3. The number of carboxylic acid groups (broad SMARTS) is 1. The van der Waals surface area contributed by atoms with Gasteiger partial charge in [0, 0.05) is 105 Å². The molecule has 3 aromatic heterocycles. The Morgan fingerprint density at radius 3 is 2.21 bits per heavy atom. The van der Waals surface area contributed by atoms with Crippen molar-refractivity contribution in [3.63, 3.8) is 0 Å². The number of pyridine rings is 2. The normalized spacial score (nSPS) is 20.7. The van der Waals surface area contributed by atoms with E-state index in [0.29, 0.717) is 56.0 Å². The van der Waals surface area contributed by atoms with Gasteiger partial charge in [0.25, 0.3) is 6.47 Å². The Hall–Kier alpha value is -7.61. The predicted molar refractivity (Wildman–Crippen MR) is 267 cm³/mol. The molecule has 2 bridgehead atoms. The van der Waals surface area contributed by atoms with E-state index < -0.39 is 6.04 Å². The van der Waals surface area contributed by atoms with Gasteiger partial charge in [0.15, 0.2) is 0 Å². The lowest BCUT2D eigenvalue weighted by Gasteiger charge is -2.56. The Balaban J connectivity index is 0.00000185. The van der Waals surface area contributed by atoms with Crippen molar-refractivity contribution in [2.24, 2.45) is 0 Å². The fourth-order valence-electron chi connectivity index (χ4n) is 10.9. The van der Waals surface area contributed by atoms with Gasteiger partial charge in [-0.05, 0) is 104 Å². The van der Waals surface area contributed by atoms with E-state index in [-0.39, 0.29) is 24.2 Å². The zero-order valence-corrected chi connectivity index (χ0v) is 39.1. The standard InChI is InChI=1S/C53H55N11O3.CH2O2/c54-28-42-30-56-64-32-41(26-47(52(42)64)40-10-16-49(55-29-40)62-33-45-27-46(34-62)63(45)31-36-4-2-1-3-5-36)38-8-13-44(14-9-38)60-22-24-61(25-23-60)51(66)35-59-20-18-39(19-21-59)37-6-11-43(12-7-37)57-48-15-17-50(65)58-53(48)67;2-1-3/h1-14,16,26,29-30,32,39,45-46,48,57H,15,17-25,27,31,33-35H2,(H,58,65,67);1H,(H,2,3). The molecule has 9 heterocycles. The number of imide groups is 1. The molecule has 358 valence electrons. The number of nitrogens with zero attached hydrogens (tertiary/aromatic N) is 9. The molecule has 0 aliphatic carbocycles. The molecule has 6 aliphatic rings. The van der Waals surface area contributed by atoms with Crippen LogP contribution < -0.4 is 20.4 Å². The summed E-state index contributed by atoms with van der Waals surface area (Å²) in [7, 11) is 0. The first kappa shape index (κ1) is 46.1. The summed E-state index contributed by atoms with van der Waals surface area (Å²) in [6.45, 7) is 7.82. The summed E-state index contributed by atoms with van der Waals surface area (Å²) in [5, 5.41) is 27.2. The van der Waals surface area contributed by atoms with Gasteiger partial charge in [0.1, 0.15) is 17.9 Å². The smallest absolute Gasteiger partial charge is 0.290 e. The summed E-state index contributed by atoms with van der Waals surface area (Å²) < 4.78 is 1.81. The number of benzene rings is 3. The maximum absolute atomic E-state index is 13.5. The van der Waals surface area contributed by atoms with Gasteiger partial charge in [-0.25, -0.2) is 9.50 Å². The van der Waals surface area contributed by atoms with Gasteiger partial charge in [0.05, 0.1) is 23.8 Å². The fourth-order valence-corrected chi connectivity index (χ4v) is 10.9. The van der Waals surface area contributed by atoms with Gasteiger partial charge in [0.2, 0.25) is 17.7 Å². The Labute approximate surface area is 407 Å². The molecule has 6 fully saturated rings. The van der Waals surface area contributed by atoms with Crippen LogP contribution in [0.1, 0.15) is 54.7 Å². The number of rotatable bonds is 11. The van der Waals surface area contributed by atoms with Crippen molar-refractivity contribution in [3.8, 4) is 28.3 Å². The van der Waals surface area contributed by atoms with Crippen molar-refractivity contribution in [2.45, 2.75) is 62.7 Å². The molecule has 3 atom stereocenters. The summed E-state index contributed by atoms with van der Waals surface area (Å²) in [4.78, 5) is 62.2. The molecule has 0 radical (unpaired) electrons. The summed E-state index contributed by atoms with van der Waals surface area (Å²) in [6, 6.07) is 37.1. The largest absolute Gasteiger partial charge is 0.483 e. The maximum Gasteiger partial charge on any atom is 0.290 e. The quantitative estimate of drug-likeness (QED) is 0.104. The molecule has 3 N–H and O–H groups in total. The molecule has 6 saturated heterocycles. The van der Waals surface area contributed by atoms with E-state index in [1.54, 1.807) is 6.20 Å². The van der Waals surface area contributed by atoms with Crippen LogP contribution in [0.3, 0.4) is 0 Å². The topological polar surface area (TPSA) is 183 Å². The predicted octanol–water partition coefficient (Wildman–Crippen LogP) is 5.84. The molecule has 3 unspecified atom stereocenters. The van der Waals surface area contributed by atoms with Crippen molar-refractivity contribution >= 4 is 46.9 Å². The molecule has 3 aromatic carbocycles. The number of anilines is 3. The molecule has 6 aliphatic heterocycles. The van der Waals surface area contributed by atoms with Crippen molar-refractivity contribution in [1.29, 1.82) is 5.26 Å². The maximum atomic E-state index is 13.5. The Bertz CT molecular complexity index is 2860. The number of aromatic nitrogens is 3. The van der Waals surface area contributed by atoms with Crippen LogP contribution in [0.25, 0.3) is 27.8 Å². The van der Waals surface area contributed by atoms with Crippen molar-refractivity contribution in [3.05, 3.63) is 132 Å². The number of piperidine rings is 3. The second-order valence-electron chi connectivity index (χ2n) is 19.0. The Kier molecular flexibility index (Phi) is 13.5. The minimum Gasteiger partial charge on any atom is -0.483 e. The summed E-state index contributed by atoms with van der Waals surface area (Å²) in [6.07, 6.45) is 9.64. The Morgan fingerprint density at radius 2 is 1.54 bits per heavy atom. The number of nitrogens with one attached hydrogen (secondary N) is 2. The molecule has 12 rings (SSSR count). The first-order chi connectivity index (χ1) is 34.2. The van der Waals surface area contributed by atoms with Gasteiger partial charge >= 0.3 is 0 Å². The third-order valence-electron chi connectivity index (χ3n) is 14.8. The molecular formula is C54H57N11O5. The molecule has 16 nitrogen and oxygen atoms in total. The number of piperazine rings is 2. The van der Waals surface area contributed by atoms with Gasteiger partial charge < -0.3 is 25.1 Å². The van der Waals surface area contributed by atoms with Gasteiger partial charge in [-0.2, -0.15) is 10.4 Å². The first-order valence-electron chi connectivity index (χ1n) is 24.3. The monoisotopic (exact) mass is 939 g/mol. The van der Waals surface area contributed by atoms with E-state index in [2.05, 4.69) is 126 Å². The number of nitriles is 1. The second kappa shape index (κ2) is 20.5. The number of carbonyl (C=O) groups is 4. The molecule has 0 saturated carbocycles. The van der Waals surface area contributed by atoms with Gasteiger partial charge in [-0.15, -0.1) is 0 Å². The lowest BCUT2D eigenvalue weighted by atomic mass is 9.86. The van der Waals surface area contributed by atoms with Crippen LogP contribution in [0.15, 0.2) is 116 Å². The van der Waals surface area contributed by atoms with Crippen molar-refractivity contribution in [1.82, 2.24) is 34.6 Å². The summed E-state index contributed by atoms with van der Waals surface area (Å²) in [5.74, 6) is 1.13. The van der Waals surface area contributed by atoms with Crippen LogP contribution in [0.5, 0.6) is 0 Å². The molecule has 16 heteroatoms. The Morgan fingerprint density at radius 1 is 0.829 bits per heavy atom. The first-order valence-corrected chi connectivity index (χ1v) is 24.3. The average molecular weight is 940 g/mol. The molecule has 3 amide bonds. The SMILES string of the molecule is N#Cc1cnn2cc(-c3ccc(N4CCN(C(=O)CN5CCC(c6ccc(NC7CCC(=O)NC7=O)cc6)CC5)CC4)cc3)cc(-c3ccc(N4CC5CC(C4)N5Cc4ccccc4)nc3)c12.O=CO. The molecule has 6 aromatic rings. The number of likely N-dealkylation sites (tertiary alicyclic amines) is 1. The fraction of sp³-hybridized carbons (Fsp3) is 0.352. The van der Waals surface area contributed by atoms with E-state index in [1.807, 2.05) is 33.9 Å². The van der Waals surface area contributed by atoms with Crippen LogP contribution in [-0.4, -0.2) is 136 Å². The van der Waals surface area contributed by atoms with Crippen LogP contribution in [0.2, 0.25) is 0 Å². The van der Waals surface area contributed by atoms with Crippen LogP contribution in [0, 0.1) is 11.3 Å². The highest BCUT2D eigenvalue weighted by Crippen LogP contribution is 2.37. The summed E-state index contributed by atoms with van der Waals surface area (Å²) >= 11 is 0. The van der Waals surface area contributed by atoms with Gasteiger partial charge in [-0.3, -0.25) is 34.3 Å². The number of fused-ring (bicyclic) bond motifs is 3. The third-order valence-corrected chi connectivity index (χ3v) is 14.8. The lowest BCUT2D eigenvalue weighted by Crippen LogP contribution is -2.68. The van der Waals surface area contributed by atoms with Crippen LogP contribution in [0.4, 0.5) is 17.2 Å². The van der Waals surface area contributed by atoms with E-state index in [0.717, 1.165) is 104 Å². The zero-order valence-electron chi connectivity index (χ0n) is 39.1. The lowest BCUT2D eigenvalue weighted by molar-refractivity contribution is -0.134. The highest BCUT2D eigenvalue weighted by atomic mass is 16.3. The van der Waals surface area contributed by atoms with Crippen molar-refractivity contribution < 1.29 is 24.3 Å². The van der Waals surface area contributed by atoms with E-state index >= 15 is 0 Å². The van der Waals surface area contributed by atoms with Crippen LogP contribution >= 0.6 is 0 Å². The summed E-state index contributed by atoms with van der Waals surface area (Å²) in [5.41, 5.74) is 9.85. The van der Waals surface area contributed by atoms with E-state index in [4.69, 9.17) is 14.9 Å². The minimum absolute atomic E-state index is 0.195. The van der Waals surface area contributed by atoms with Gasteiger partial charge in [-0.1, -0.05) is 54.6 Å². The average Bonchev–Trinajstić information content (AvgIpc) is 3.83. The number of amides is 3. The highest BCUT2D eigenvalue weighted by molar-refractivity contribution is 6.01. The minimum atomic E-state index is -0.395. The third kappa shape index (κ3) is 9.94. The zero-order chi connectivity index (χ0) is 48.1. The second-order valence-corrected chi connectivity index (χ2v) is 19.0. The van der Waals surface area contributed by atoms with E-state index in [1.165, 1.54) is 17.5 Å². The van der Waals surface area contributed by atoms with E-state index in [9.17, 15) is 19.6 Å². The molecular weight excluding hydrogens is 883 g/mol.